The lowest BCUT2D eigenvalue weighted by atomic mass is 9.99. The summed E-state index contributed by atoms with van der Waals surface area (Å²) in [6, 6.07) is 0. The standard InChI is InChI=1S/C10H20OS/c11-10(12)8-6-4-2-1-3-5-7-9-10/h11-12H,1-9H2. The van der Waals surface area contributed by atoms with E-state index >= 15 is 0 Å². The highest BCUT2D eigenvalue weighted by Gasteiger charge is 2.20. The van der Waals surface area contributed by atoms with Crippen LogP contribution in [0.25, 0.3) is 0 Å². The maximum atomic E-state index is 9.76. The highest BCUT2D eigenvalue weighted by molar-refractivity contribution is 7.81. The summed E-state index contributed by atoms with van der Waals surface area (Å²) in [5.74, 6) is 0. The molecule has 2 heteroatoms. The van der Waals surface area contributed by atoms with E-state index in [1.807, 2.05) is 0 Å². The van der Waals surface area contributed by atoms with Gasteiger partial charge >= 0.3 is 0 Å². The zero-order valence-electron chi connectivity index (χ0n) is 7.76. The van der Waals surface area contributed by atoms with Crippen LogP contribution in [0.1, 0.15) is 57.8 Å². The molecule has 0 aromatic heterocycles. The van der Waals surface area contributed by atoms with Crippen molar-refractivity contribution in [3.05, 3.63) is 0 Å². The molecule has 1 rings (SSSR count). The predicted molar refractivity (Wildman–Crippen MR) is 55.5 cm³/mol. The van der Waals surface area contributed by atoms with E-state index in [2.05, 4.69) is 12.6 Å². The van der Waals surface area contributed by atoms with Crippen molar-refractivity contribution in [2.75, 3.05) is 0 Å². The molecule has 0 spiro atoms. The van der Waals surface area contributed by atoms with Crippen LogP contribution in [-0.2, 0) is 0 Å². The molecule has 0 aromatic rings. The van der Waals surface area contributed by atoms with E-state index in [9.17, 15) is 5.11 Å². The van der Waals surface area contributed by atoms with Gasteiger partial charge in [0, 0.05) is 0 Å². The molecule has 0 heterocycles. The van der Waals surface area contributed by atoms with E-state index in [0.717, 1.165) is 25.7 Å². The molecule has 0 unspecified atom stereocenters. The minimum absolute atomic E-state index is 0.669. The molecular formula is C10H20OS. The van der Waals surface area contributed by atoms with Gasteiger partial charge in [0.1, 0.15) is 4.93 Å². The van der Waals surface area contributed by atoms with Crippen molar-refractivity contribution in [2.24, 2.45) is 0 Å². The molecule has 0 atom stereocenters. The van der Waals surface area contributed by atoms with Crippen LogP contribution in [0, 0.1) is 0 Å². The van der Waals surface area contributed by atoms with Crippen LogP contribution in [-0.4, -0.2) is 10.0 Å². The normalized spacial score (nSPS) is 26.5. The van der Waals surface area contributed by atoms with Crippen molar-refractivity contribution in [1.82, 2.24) is 0 Å². The molecular weight excluding hydrogens is 168 g/mol. The van der Waals surface area contributed by atoms with Crippen LogP contribution in [0.4, 0.5) is 0 Å². The van der Waals surface area contributed by atoms with Crippen LogP contribution >= 0.6 is 12.6 Å². The summed E-state index contributed by atoms with van der Waals surface area (Å²) in [5, 5.41) is 9.76. The van der Waals surface area contributed by atoms with Gasteiger partial charge in [-0.05, 0) is 25.7 Å². The molecule has 0 bridgehead atoms. The van der Waals surface area contributed by atoms with Gasteiger partial charge in [-0.2, -0.15) is 0 Å². The van der Waals surface area contributed by atoms with Crippen molar-refractivity contribution in [1.29, 1.82) is 0 Å². The lowest BCUT2D eigenvalue weighted by Crippen LogP contribution is -2.20. The topological polar surface area (TPSA) is 20.2 Å². The van der Waals surface area contributed by atoms with Crippen LogP contribution in [0.2, 0.25) is 0 Å². The van der Waals surface area contributed by atoms with E-state index < -0.39 is 4.93 Å². The molecule has 1 fully saturated rings. The lowest BCUT2D eigenvalue weighted by molar-refractivity contribution is 0.111. The Bertz CT molecular complexity index is 111. The molecule has 1 N–H and O–H groups in total. The molecule has 12 heavy (non-hydrogen) atoms. The lowest BCUT2D eigenvalue weighted by Gasteiger charge is -2.23. The Hall–Kier alpha value is 0.310. The monoisotopic (exact) mass is 188 g/mol. The van der Waals surface area contributed by atoms with Gasteiger partial charge < -0.3 is 5.11 Å². The summed E-state index contributed by atoms with van der Waals surface area (Å²) < 4.78 is 0. The van der Waals surface area contributed by atoms with Gasteiger partial charge in [0.2, 0.25) is 0 Å². The summed E-state index contributed by atoms with van der Waals surface area (Å²) in [6.07, 6.45) is 10.6. The maximum absolute atomic E-state index is 9.76. The summed E-state index contributed by atoms with van der Waals surface area (Å²) >= 11 is 4.27. The summed E-state index contributed by atoms with van der Waals surface area (Å²) in [6.45, 7) is 0. The van der Waals surface area contributed by atoms with Gasteiger partial charge in [-0.1, -0.05) is 32.1 Å². The third kappa shape index (κ3) is 4.36. The first-order valence-corrected chi connectivity index (χ1v) is 5.60. The van der Waals surface area contributed by atoms with Crippen molar-refractivity contribution in [3.8, 4) is 0 Å². The van der Waals surface area contributed by atoms with Gasteiger partial charge in [0.05, 0.1) is 0 Å². The Morgan fingerprint density at radius 1 is 0.750 bits per heavy atom. The van der Waals surface area contributed by atoms with Crippen LogP contribution in [0.3, 0.4) is 0 Å². The van der Waals surface area contributed by atoms with E-state index in [0.29, 0.717) is 0 Å². The second-order valence-electron chi connectivity index (χ2n) is 3.96. The number of thiol groups is 1. The third-order valence-electron chi connectivity index (χ3n) is 2.65. The van der Waals surface area contributed by atoms with Crippen molar-refractivity contribution >= 4 is 12.6 Å². The molecule has 1 saturated carbocycles. The minimum Gasteiger partial charge on any atom is -0.380 e. The maximum Gasteiger partial charge on any atom is 0.107 e. The first-order chi connectivity index (χ1) is 5.71. The number of aliphatic hydroxyl groups is 1. The molecule has 0 amide bonds. The molecule has 0 radical (unpaired) electrons. The SMILES string of the molecule is OC1(S)CCCCCCCCC1. The summed E-state index contributed by atoms with van der Waals surface area (Å²) in [7, 11) is 0. The summed E-state index contributed by atoms with van der Waals surface area (Å²) in [4.78, 5) is -0.669. The fraction of sp³-hybridized carbons (Fsp3) is 1.00. The molecule has 0 aliphatic heterocycles. The van der Waals surface area contributed by atoms with E-state index in [1.165, 1.54) is 32.1 Å². The first-order valence-electron chi connectivity index (χ1n) is 5.15. The third-order valence-corrected chi connectivity index (χ3v) is 3.10. The Labute approximate surface area is 81.0 Å². The Balaban J connectivity index is 2.27. The smallest absolute Gasteiger partial charge is 0.107 e. The van der Waals surface area contributed by atoms with E-state index in [4.69, 9.17) is 0 Å². The predicted octanol–water partition coefficient (Wildman–Crippen LogP) is 3.13. The van der Waals surface area contributed by atoms with Gasteiger partial charge in [0.25, 0.3) is 0 Å². The van der Waals surface area contributed by atoms with Crippen LogP contribution < -0.4 is 0 Å². The zero-order chi connectivity index (χ0) is 8.86. The van der Waals surface area contributed by atoms with E-state index in [1.54, 1.807) is 0 Å². The first kappa shape index (κ1) is 10.4. The molecule has 0 saturated heterocycles. The van der Waals surface area contributed by atoms with E-state index in [-0.39, 0.29) is 0 Å². The molecule has 1 nitrogen and oxygen atoms in total. The average molecular weight is 188 g/mol. The number of rotatable bonds is 0. The number of hydrogen-bond acceptors (Lipinski definition) is 2. The Morgan fingerprint density at radius 2 is 1.08 bits per heavy atom. The molecule has 72 valence electrons. The number of hydrogen-bond donors (Lipinski definition) is 2. The quantitative estimate of drug-likeness (QED) is 0.442. The van der Waals surface area contributed by atoms with Gasteiger partial charge in [0.15, 0.2) is 0 Å². The largest absolute Gasteiger partial charge is 0.380 e. The fourth-order valence-corrected chi connectivity index (χ4v) is 2.14. The second-order valence-corrected chi connectivity index (χ2v) is 4.79. The van der Waals surface area contributed by atoms with Crippen LogP contribution in [0.15, 0.2) is 0 Å². The highest BCUT2D eigenvalue weighted by Crippen LogP contribution is 2.27. The average Bonchev–Trinajstić information content (AvgIpc) is 2.02. The van der Waals surface area contributed by atoms with Crippen molar-refractivity contribution in [2.45, 2.75) is 62.7 Å². The van der Waals surface area contributed by atoms with Gasteiger partial charge in [-0.25, -0.2) is 0 Å². The van der Waals surface area contributed by atoms with Gasteiger partial charge in [-0.15, -0.1) is 12.6 Å². The van der Waals surface area contributed by atoms with Crippen molar-refractivity contribution in [3.63, 3.8) is 0 Å². The zero-order valence-corrected chi connectivity index (χ0v) is 8.65. The highest BCUT2D eigenvalue weighted by atomic mass is 32.1. The minimum atomic E-state index is -0.669. The Morgan fingerprint density at radius 3 is 1.50 bits per heavy atom. The van der Waals surface area contributed by atoms with Crippen LogP contribution in [0.5, 0.6) is 0 Å². The van der Waals surface area contributed by atoms with Gasteiger partial charge in [-0.3, -0.25) is 0 Å². The molecule has 1 aliphatic carbocycles. The second kappa shape index (κ2) is 5.13. The van der Waals surface area contributed by atoms with Crippen molar-refractivity contribution < 1.29 is 5.11 Å². The fourth-order valence-electron chi connectivity index (χ4n) is 1.83. The molecule has 1 aliphatic rings. The molecule has 0 aromatic carbocycles. The Kier molecular flexibility index (Phi) is 4.44. The summed E-state index contributed by atoms with van der Waals surface area (Å²) in [5.41, 5.74) is 0.